The minimum atomic E-state index is -1.17. The van der Waals surface area contributed by atoms with Gasteiger partial charge in [-0.1, -0.05) is 6.07 Å². The van der Waals surface area contributed by atoms with Gasteiger partial charge in [-0.25, -0.2) is 18.5 Å². The van der Waals surface area contributed by atoms with Crippen molar-refractivity contribution in [1.29, 1.82) is 0 Å². The first-order valence-electron chi connectivity index (χ1n) is 6.26. The van der Waals surface area contributed by atoms with Crippen LogP contribution in [0, 0.1) is 5.82 Å². The highest BCUT2D eigenvalue weighted by Crippen LogP contribution is 2.11. The van der Waals surface area contributed by atoms with Crippen LogP contribution >= 0.6 is 0 Å². The normalized spacial score (nSPS) is 10.8. The van der Waals surface area contributed by atoms with Crippen LogP contribution in [0.25, 0.3) is 16.6 Å². The molecule has 0 radical (unpaired) electrons. The molecule has 1 heterocycles. The van der Waals surface area contributed by atoms with Gasteiger partial charge < -0.3 is 10.1 Å². The van der Waals surface area contributed by atoms with E-state index in [9.17, 15) is 18.8 Å². The standard InChI is InChI=1S/C15H9FN2O4/c16-9-2-1-3-10(7-9)18-13(19)11-5-4-8(14(20)21)6-12(11)17-15(18)22/h1-7H,(H,17,22)(H,20,21). The zero-order chi connectivity index (χ0) is 15.9. The van der Waals surface area contributed by atoms with E-state index in [4.69, 9.17) is 5.11 Å². The van der Waals surface area contributed by atoms with Crippen LogP contribution in [-0.2, 0) is 0 Å². The SMILES string of the molecule is O=C(O)c1ccc2c(=O)n(-c3cccc(F)c3)c(=O)[nH]c2c1. The van der Waals surface area contributed by atoms with E-state index in [0.717, 1.165) is 10.6 Å². The molecule has 2 aromatic carbocycles. The number of hydrogen-bond acceptors (Lipinski definition) is 3. The van der Waals surface area contributed by atoms with Gasteiger partial charge in [0.2, 0.25) is 0 Å². The lowest BCUT2D eigenvalue weighted by molar-refractivity contribution is 0.0697. The maximum atomic E-state index is 13.3. The predicted molar refractivity (Wildman–Crippen MR) is 77.1 cm³/mol. The average Bonchev–Trinajstić information content (AvgIpc) is 2.46. The third-order valence-corrected chi connectivity index (χ3v) is 3.21. The zero-order valence-corrected chi connectivity index (χ0v) is 11.0. The lowest BCUT2D eigenvalue weighted by Gasteiger charge is -2.07. The van der Waals surface area contributed by atoms with Crippen LogP contribution in [0.3, 0.4) is 0 Å². The van der Waals surface area contributed by atoms with Gasteiger partial charge in [-0.3, -0.25) is 4.79 Å². The number of aromatic carboxylic acids is 1. The average molecular weight is 300 g/mol. The molecule has 0 aliphatic rings. The molecule has 2 N–H and O–H groups in total. The number of fused-ring (bicyclic) bond motifs is 1. The van der Waals surface area contributed by atoms with Crippen molar-refractivity contribution < 1.29 is 14.3 Å². The van der Waals surface area contributed by atoms with E-state index in [1.165, 1.54) is 36.4 Å². The minimum absolute atomic E-state index is 0.0499. The molecule has 0 saturated carbocycles. The fourth-order valence-electron chi connectivity index (χ4n) is 2.20. The maximum Gasteiger partial charge on any atom is 0.335 e. The summed E-state index contributed by atoms with van der Waals surface area (Å²) in [5.41, 5.74) is -1.27. The molecule has 0 fully saturated rings. The van der Waals surface area contributed by atoms with Gasteiger partial charge in [-0.2, -0.15) is 0 Å². The van der Waals surface area contributed by atoms with Crippen molar-refractivity contribution in [2.24, 2.45) is 0 Å². The van der Waals surface area contributed by atoms with Crippen LogP contribution in [0.1, 0.15) is 10.4 Å². The van der Waals surface area contributed by atoms with Crippen molar-refractivity contribution in [1.82, 2.24) is 9.55 Å². The van der Waals surface area contributed by atoms with Crippen molar-refractivity contribution in [3.63, 3.8) is 0 Å². The summed E-state index contributed by atoms with van der Waals surface area (Å²) >= 11 is 0. The topological polar surface area (TPSA) is 92.2 Å². The van der Waals surface area contributed by atoms with Crippen molar-refractivity contribution in [2.45, 2.75) is 0 Å². The Balaban J connectivity index is 2.35. The molecular weight excluding hydrogens is 291 g/mol. The third-order valence-electron chi connectivity index (χ3n) is 3.21. The fourth-order valence-corrected chi connectivity index (χ4v) is 2.20. The van der Waals surface area contributed by atoms with Crippen LogP contribution in [-0.4, -0.2) is 20.6 Å². The molecule has 0 saturated heterocycles. The number of benzene rings is 2. The monoisotopic (exact) mass is 300 g/mol. The van der Waals surface area contributed by atoms with Crippen molar-refractivity contribution in [2.75, 3.05) is 0 Å². The summed E-state index contributed by atoms with van der Waals surface area (Å²) in [7, 11) is 0. The van der Waals surface area contributed by atoms with Gasteiger partial charge in [0.25, 0.3) is 5.56 Å². The molecule has 110 valence electrons. The van der Waals surface area contributed by atoms with Gasteiger partial charge in [0, 0.05) is 0 Å². The number of carboxylic acids is 1. The minimum Gasteiger partial charge on any atom is -0.478 e. The number of nitrogens with zero attached hydrogens (tertiary/aromatic N) is 1. The molecule has 0 spiro atoms. The molecule has 0 bridgehead atoms. The first-order chi connectivity index (χ1) is 10.5. The summed E-state index contributed by atoms with van der Waals surface area (Å²) in [5.74, 6) is -1.75. The number of carboxylic acid groups (broad SMARTS) is 1. The molecule has 6 nitrogen and oxygen atoms in total. The first kappa shape index (κ1) is 13.7. The summed E-state index contributed by atoms with van der Waals surface area (Å²) in [4.78, 5) is 37.9. The highest BCUT2D eigenvalue weighted by molar-refractivity contribution is 5.92. The highest BCUT2D eigenvalue weighted by atomic mass is 19.1. The van der Waals surface area contributed by atoms with Crippen molar-refractivity contribution in [3.8, 4) is 5.69 Å². The lowest BCUT2D eigenvalue weighted by Crippen LogP contribution is -2.33. The molecule has 0 aliphatic carbocycles. The van der Waals surface area contributed by atoms with E-state index in [1.54, 1.807) is 0 Å². The summed E-state index contributed by atoms with van der Waals surface area (Å²) in [5, 5.41) is 9.06. The Morgan fingerprint density at radius 1 is 1.14 bits per heavy atom. The van der Waals surface area contributed by atoms with Crippen LogP contribution in [0.4, 0.5) is 4.39 Å². The Bertz CT molecular complexity index is 1020. The molecule has 3 rings (SSSR count). The second-order valence-electron chi connectivity index (χ2n) is 4.62. The molecule has 0 amide bonds. The molecule has 0 aliphatic heterocycles. The smallest absolute Gasteiger partial charge is 0.335 e. The van der Waals surface area contributed by atoms with Gasteiger partial charge in [-0.05, 0) is 36.4 Å². The third kappa shape index (κ3) is 2.18. The van der Waals surface area contributed by atoms with E-state index < -0.39 is 23.0 Å². The number of nitrogens with one attached hydrogen (secondary N) is 1. The summed E-state index contributed by atoms with van der Waals surface area (Å²) < 4.78 is 14.1. The van der Waals surface area contributed by atoms with Crippen LogP contribution in [0.2, 0.25) is 0 Å². The highest BCUT2D eigenvalue weighted by Gasteiger charge is 2.12. The summed E-state index contributed by atoms with van der Waals surface area (Å²) in [6, 6.07) is 8.85. The second-order valence-corrected chi connectivity index (χ2v) is 4.62. The van der Waals surface area contributed by atoms with E-state index in [1.807, 2.05) is 0 Å². The Labute approximate surface area is 122 Å². The maximum absolute atomic E-state index is 13.3. The number of hydrogen-bond donors (Lipinski definition) is 2. The molecule has 3 aromatic rings. The number of carbonyl (C=O) groups is 1. The van der Waals surface area contributed by atoms with Gasteiger partial charge in [0.15, 0.2) is 0 Å². The lowest BCUT2D eigenvalue weighted by atomic mass is 10.1. The number of rotatable bonds is 2. The number of aromatic amines is 1. The molecule has 22 heavy (non-hydrogen) atoms. The predicted octanol–water partition coefficient (Wildman–Crippen LogP) is 1.52. The van der Waals surface area contributed by atoms with Gasteiger partial charge in [-0.15, -0.1) is 0 Å². The summed E-state index contributed by atoms with van der Waals surface area (Å²) in [6.45, 7) is 0. The van der Waals surface area contributed by atoms with Crippen LogP contribution < -0.4 is 11.2 Å². The number of H-pyrrole nitrogens is 1. The van der Waals surface area contributed by atoms with Crippen LogP contribution in [0.15, 0.2) is 52.1 Å². The fraction of sp³-hybridized carbons (Fsp3) is 0. The number of halogens is 1. The van der Waals surface area contributed by atoms with Gasteiger partial charge in [0.05, 0.1) is 22.2 Å². The molecule has 7 heteroatoms. The van der Waals surface area contributed by atoms with E-state index in [2.05, 4.69) is 4.98 Å². The van der Waals surface area contributed by atoms with E-state index in [0.29, 0.717) is 0 Å². The molecule has 0 atom stereocenters. The zero-order valence-electron chi connectivity index (χ0n) is 11.0. The molecular formula is C15H9FN2O4. The van der Waals surface area contributed by atoms with Gasteiger partial charge >= 0.3 is 11.7 Å². The molecule has 1 aromatic heterocycles. The largest absolute Gasteiger partial charge is 0.478 e. The Hall–Kier alpha value is -3.22. The molecule has 0 unspecified atom stereocenters. The first-order valence-corrected chi connectivity index (χ1v) is 6.26. The van der Waals surface area contributed by atoms with E-state index in [-0.39, 0.29) is 22.2 Å². The van der Waals surface area contributed by atoms with Crippen LogP contribution in [0.5, 0.6) is 0 Å². The Morgan fingerprint density at radius 3 is 2.59 bits per heavy atom. The Kier molecular flexibility index (Phi) is 3.10. The second kappa shape index (κ2) is 4.96. The van der Waals surface area contributed by atoms with Crippen molar-refractivity contribution >= 4 is 16.9 Å². The van der Waals surface area contributed by atoms with Crippen molar-refractivity contribution in [3.05, 3.63) is 74.7 Å². The van der Waals surface area contributed by atoms with Gasteiger partial charge in [0.1, 0.15) is 5.82 Å². The quantitative estimate of drug-likeness (QED) is 0.750. The summed E-state index contributed by atoms with van der Waals surface area (Å²) in [6.07, 6.45) is 0. The Morgan fingerprint density at radius 2 is 1.91 bits per heavy atom. The van der Waals surface area contributed by atoms with E-state index >= 15 is 0 Å². The number of aromatic nitrogens is 2.